The van der Waals surface area contributed by atoms with Crippen LogP contribution in [-0.4, -0.2) is 67.5 Å². The summed E-state index contributed by atoms with van der Waals surface area (Å²) >= 11 is 0. The van der Waals surface area contributed by atoms with Crippen molar-refractivity contribution in [1.29, 1.82) is 0 Å². The molecule has 0 saturated carbocycles. The van der Waals surface area contributed by atoms with Crippen LogP contribution in [-0.2, 0) is 6.54 Å². The average molecular weight is 374 g/mol. The molecule has 1 saturated heterocycles. The van der Waals surface area contributed by atoms with Gasteiger partial charge in [-0.1, -0.05) is 19.1 Å². The van der Waals surface area contributed by atoms with Crippen molar-refractivity contribution in [1.82, 2.24) is 20.4 Å². The van der Waals surface area contributed by atoms with Crippen molar-refractivity contribution in [3.05, 3.63) is 35.4 Å². The third-order valence-corrected chi connectivity index (χ3v) is 5.06. The number of nitrogens with one attached hydrogen (secondary N) is 2. The van der Waals surface area contributed by atoms with Crippen molar-refractivity contribution < 1.29 is 4.79 Å². The van der Waals surface area contributed by atoms with Crippen LogP contribution in [0.1, 0.15) is 43.6 Å². The molecule has 2 rings (SSSR count). The Morgan fingerprint density at radius 3 is 2.44 bits per heavy atom. The molecule has 0 spiro atoms. The minimum atomic E-state index is 0.0185. The number of benzene rings is 1. The van der Waals surface area contributed by atoms with Gasteiger partial charge in [0.25, 0.3) is 5.91 Å². The van der Waals surface area contributed by atoms with Gasteiger partial charge in [-0.15, -0.1) is 0 Å². The van der Waals surface area contributed by atoms with Gasteiger partial charge < -0.3 is 15.5 Å². The topological polar surface area (TPSA) is 60.0 Å². The summed E-state index contributed by atoms with van der Waals surface area (Å²) in [6.45, 7) is 12.5. The Morgan fingerprint density at radius 2 is 1.93 bits per heavy atom. The summed E-state index contributed by atoms with van der Waals surface area (Å²) < 4.78 is 0. The van der Waals surface area contributed by atoms with Crippen molar-refractivity contribution >= 4 is 11.9 Å². The molecule has 6 nitrogen and oxygen atoms in total. The molecule has 1 aliphatic rings. The van der Waals surface area contributed by atoms with Gasteiger partial charge >= 0.3 is 0 Å². The normalized spacial score (nSPS) is 20.8. The highest BCUT2D eigenvalue weighted by Gasteiger charge is 2.31. The molecule has 0 radical (unpaired) electrons. The maximum Gasteiger partial charge on any atom is 0.253 e. The van der Waals surface area contributed by atoms with E-state index in [0.717, 1.165) is 31.2 Å². The molecule has 0 bridgehead atoms. The number of carbonyl (C=O) groups excluding carboxylic acids is 1. The molecule has 1 aromatic carbocycles. The second-order valence-corrected chi connectivity index (χ2v) is 7.87. The molecular formula is C21H35N5O. The minimum Gasteiger partial charge on any atom is -0.357 e. The van der Waals surface area contributed by atoms with Crippen LogP contribution in [0.3, 0.4) is 0 Å². The van der Waals surface area contributed by atoms with Crippen LogP contribution in [0.2, 0.25) is 0 Å². The largest absolute Gasteiger partial charge is 0.357 e. The van der Waals surface area contributed by atoms with Crippen LogP contribution in [0.4, 0.5) is 0 Å². The number of aliphatic imine (C=N–C) groups is 1. The molecule has 27 heavy (non-hydrogen) atoms. The number of likely N-dealkylation sites (tertiary alicyclic amines) is 1. The van der Waals surface area contributed by atoms with Crippen LogP contribution in [0, 0.1) is 5.92 Å². The minimum absolute atomic E-state index is 0.0185. The Kier molecular flexibility index (Phi) is 7.66. The maximum atomic E-state index is 12.0. The van der Waals surface area contributed by atoms with E-state index in [4.69, 9.17) is 4.99 Å². The third kappa shape index (κ3) is 5.96. The van der Waals surface area contributed by atoms with E-state index < -0.39 is 0 Å². The summed E-state index contributed by atoms with van der Waals surface area (Å²) in [5.41, 5.74) is 1.79. The predicted molar refractivity (Wildman–Crippen MR) is 112 cm³/mol. The van der Waals surface area contributed by atoms with Gasteiger partial charge in [0.15, 0.2) is 5.96 Å². The number of nitrogens with zero attached hydrogens (tertiary/aromatic N) is 3. The lowest BCUT2D eigenvalue weighted by Crippen LogP contribution is -2.46. The van der Waals surface area contributed by atoms with E-state index >= 15 is 0 Å². The van der Waals surface area contributed by atoms with E-state index in [0.29, 0.717) is 30.1 Å². The fraction of sp³-hybridized carbons (Fsp3) is 0.619. The fourth-order valence-corrected chi connectivity index (χ4v) is 3.29. The van der Waals surface area contributed by atoms with Crippen LogP contribution >= 0.6 is 0 Å². The summed E-state index contributed by atoms with van der Waals surface area (Å²) in [5.74, 6) is 1.46. The number of rotatable bonds is 6. The fourth-order valence-electron chi connectivity index (χ4n) is 3.29. The zero-order valence-corrected chi connectivity index (χ0v) is 17.6. The predicted octanol–water partition coefficient (Wildman–Crippen LogP) is 2.17. The number of hydrogen-bond donors (Lipinski definition) is 2. The smallest absolute Gasteiger partial charge is 0.253 e. The van der Waals surface area contributed by atoms with Gasteiger partial charge in [-0.2, -0.15) is 0 Å². The first kappa shape index (κ1) is 21.2. The van der Waals surface area contributed by atoms with E-state index in [2.05, 4.69) is 43.2 Å². The third-order valence-electron chi connectivity index (χ3n) is 5.06. The van der Waals surface area contributed by atoms with Gasteiger partial charge in [-0.3, -0.25) is 9.69 Å². The molecule has 150 valence electrons. The summed E-state index contributed by atoms with van der Waals surface area (Å²) in [4.78, 5) is 20.8. The lowest BCUT2D eigenvalue weighted by atomic mass is 10.1. The van der Waals surface area contributed by atoms with Crippen molar-refractivity contribution in [3.63, 3.8) is 0 Å². The maximum absolute atomic E-state index is 12.0. The summed E-state index contributed by atoms with van der Waals surface area (Å²) in [5, 5.41) is 6.95. The van der Waals surface area contributed by atoms with E-state index in [1.807, 2.05) is 24.3 Å². The SMILES string of the molecule is CCNC(=NCc1ccc(C(=O)N(C)C)cc1)NC1CN(C(C)C)CC1C. The van der Waals surface area contributed by atoms with Crippen molar-refractivity contribution in [2.75, 3.05) is 33.7 Å². The second kappa shape index (κ2) is 9.74. The van der Waals surface area contributed by atoms with E-state index in [1.165, 1.54) is 0 Å². The van der Waals surface area contributed by atoms with Gasteiger partial charge in [-0.25, -0.2) is 4.99 Å². The van der Waals surface area contributed by atoms with Crippen molar-refractivity contribution in [2.24, 2.45) is 10.9 Å². The molecule has 1 amide bonds. The summed E-state index contributed by atoms with van der Waals surface area (Å²) in [7, 11) is 3.53. The lowest BCUT2D eigenvalue weighted by Gasteiger charge is -2.22. The molecule has 1 heterocycles. The molecule has 1 fully saturated rings. The van der Waals surface area contributed by atoms with Crippen molar-refractivity contribution in [2.45, 2.75) is 46.3 Å². The first-order valence-corrected chi connectivity index (χ1v) is 9.91. The number of amides is 1. The van der Waals surface area contributed by atoms with Crippen LogP contribution in [0.5, 0.6) is 0 Å². The highest BCUT2D eigenvalue weighted by atomic mass is 16.2. The van der Waals surface area contributed by atoms with Crippen LogP contribution in [0.15, 0.2) is 29.3 Å². The highest BCUT2D eigenvalue weighted by molar-refractivity contribution is 5.93. The molecule has 2 N–H and O–H groups in total. The molecule has 1 aromatic rings. The molecule has 6 heteroatoms. The van der Waals surface area contributed by atoms with E-state index in [1.54, 1.807) is 19.0 Å². The van der Waals surface area contributed by atoms with Crippen LogP contribution in [0.25, 0.3) is 0 Å². The standard InChI is InChI=1S/C21H35N5O/c1-7-22-21(24-19-14-26(15(2)3)13-16(19)4)23-12-17-8-10-18(11-9-17)20(27)25(5)6/h8-11,15-16,19H,7,12-14H2,1-6H3,(H2,22,23,24). The van der Waals surface area contributed by atoms with Crippen LogP contribution < -0.4 is 10.6 Å². The van der Waals surface area contributed by atoms with Gasteiger partial charge in [-0.05, 0) is 44.4 Å². The zero-order chi connectivity index (χ0) is 20.0. The zero-order valence-electron chi connectivity index (χ0n) is 17.6. The Balaban J connectivity index is 2.00. The molecular weight excluding hydrogens is 338 g/mol. The Labute approximate surface area is 164 Å². The molecule has 0 aromatic heterocycles. The first-order chi connectivity index (χ1) is 12.8. The van der Waals surface area contributed by atoms with Gasteiger partial charge in [0.1, 0.15) is 0 Å². The highest BCUT2D eigenvalue weighted by Crippen LogP contribution is 2.18. The van der Waals surface area contributed by atoms with E-state index in [9.17, 15) is 4.79 Å². The molecule has 1 aliphatic heterocycles. The van der Waals surface area contributed by atoms with Crippen molar-refractivity contribution in [3.8, 4) is 0 Å². The number of hydrogen-bond acceptors (Lipinski definition) is 3. The number of carbonyl (C=O) groups is 1. The quantitative estimate of drug-likeness (QED) is 0.593. The lowest BCUT2D eigenvalue weighted by molar-refractivity contribution is 0.0827. The van der Waals surface area contributed by atoms with E-state index in [-0.39, 0.29) is 5.91 Å². The van der Waals surface area contributed by atoms with Gasteiger partial charge in [0.05, 0.1) is 6.54 Å². The molecule has 2 unspecified atom stereocenters. The molecule has 2 atom stereocenters. The summed E-state index contributed by atoms with van der Waals surface area (Å²) in [6.07, 6.45) is 0. The van der Waals surface area contributed by atoms with Gasteiger partial charge in [0, 0.05) is 51.4 Å². The Morgan fingerprint density at radius 1 is 1.26 bits per heavy atom. The Hall–Kier alpha value is -2.08. The van der Waals surface area contributed by atoms with Gasteiger partial charge in [0.2, 0.25) is 0 Å². The summed E-state index contributed by atoms with van der Waals surface area (Å²) in [6, 6.07) is 8.66. The average Bonchev–Trinajstić information content (AvgIpc) is 3.00. The Bertz CT molecular complexity index is 638. The monoisotopic (exact) mass is 373 g/mol. The first-order valence-electron chi connectivity index (χ1n) is 9.91. The molecule has 0 aliphatic carbocycles. The number of guanidine groups is 1. The second-order valence-electron chi connectivity index (χ2n) is 7.87.